The molecule has 0 saturated heterocycles. The van der Waals surface area contributed by atoms with Crippen LogP contribution in [0.4, 0.5) is 18.9 Å². The number of hydrogen-bond donors (Lipinski definition) is 1. The van der Waals surface area contributed by atoms with Crippen LogP contribution in [-0.2, 0) is 11.2 Å². The Balaban J connectivity index is 2.34. The quantitative estimate of drug-likeness (QED) is 0.867. The van der Waals surface area contributed by atoms with Crippen LogP contribution in [0.3, 0.4) is 0 Å². The van der Waals surface area contributed by atoms with Crippen molar-refractivity contribution in [3.8, 4) is 0 Å². The van der Waals surface area contributed by atoms with Crippen LogP contribution >= 0.6 is 0 Å². The fraction of sp³-hybridized carbons (Fsp3) is 0.364. The number of rotatable bonds is 2. The number of halogens is 3. The summed E-state index contributed by atoms with van der Waals surface area (Å²) >= 11 is 0. The minimum atomic E-state index is -4.41. The molecule has 6 heteroatoms. The molecule has 1 N–H and O–H groups in total. The molecule has 1 unspecified atom stereocenters. The van der Waals surface area contributed by atoms with Gasteiger partial charge in [0.1, 0.15) is 12.6 Å². The molecule has 1 aliphatic heterocycles. The summed E-state index contributed by atoms with van der Waals surface area (Å²) in [6.45, 7) is -1.24. The first-order valence-electron chi connectivity index (χ1n) is 5.02. The lowest BCUT2D eigenvalue weighted by Gasteiger charge is -2.25. The molecule has 0 aliphatic carbocycles. The van der Waals surface area contributed by atoms with Crippen molar-refractivity contribution >= 4 is 11.7 Å². The zero-order valence-corrected chi connectivity index (χ0v) is 8.74. The predicted molar refractivity (Wildman–Crippen MR) is 55.0 cm³/mol. The maximum atomic E-state index is 12.4. The summed E-state index contributed by atoms with van der Waals surface area (Å²) in [7, 11) is 0. The Bertz CT molecular complexity index is 445. The van der Waals surface area contributed by atoms with Gasteiger partial charge in [0.25, 0.3) is 0 Å². The van der Waals surface area contributed by atoms with E-state index in [9.17, 15) is 18.0 Å². The van der Waals surface area contributed by atoms with E-state index < -0.39 is 24.7 Å². The SMILES string of the molecule is O=C(O)C1Cc2ccccc2N1CC(F)(F)F. The number of para-hydroxylation sites is 1. The molecular formula is C11H10F3NO2. The molecule has 0 bridgehead atoms. The molecule has 3 nitrogen and oxygen atoms in total. The topological polar surface area (TPSA) is 40.5 Å². The lowest BCUT2D eigenvalue weighted by atomic mass is 10.1. The zero-order valence-electron chi connectivity index (χ0n) is 8.74. The van der Waals surface area contributed by atoms with Gasteiger partial charge < -0.3 is 10.0 Å². The van der Waals surface area contributed by atoms with Crippen LogP contribution in [-0.4, -0.2) is 29.8 Å². The molecule has 0 aromatic heterocycles. The first-order chi connectivity index (χ1) is 7.88. The van der Waals surface area contributed by atoms with Crippen molar-refractivity contribution < 1.29 is 23.1 Å². The number of fused-ring (bicyclic) bond motifs is 1. The molecule has 0 fully saturated rings. The number of benzene rings is 1. The van der Waals surface area contributed by atoms with Gasteiger partial charge in [-0.3, -0.25) is 0 Å². The largest absolute Gasteiger partial charge is 0.480 e. The van der Waals surface area contributed by atoms with Crippen molar-refractivity contribution in [3.63, 3.8) is 0 Å². The van der Waals surface area contributed by atoms with E-state index in [2.05, 4.69) is 0 Å². The second kappa shape index (κ2) is 3.94. The summed E-state index contributed by atoms with van der Waals surface area (Å²) in [5, 5.41) is 8.94. The molecule has 0 spiro atoms. The maximum absolute atomic E-state index is 12.4. The lowest BCUT2D eigenvalue weighted by molar-refractivity contribution is -0.140. The molecule has 1 atom stereocenters. The third-order valence-corrected chi connectivity index (χ3v) is 2.73. The van der Waals surface area contributed by atoms with Gasteiger partial charge in [-0.05, 0) is 11.6 Å². The van der Waals surface area contributed by atoms with Gasteiger partial charge in [-0.25, -0.2) is 4.79 Å². The molecule has 1 aromatic rings. The Morgan fingerprint density at radius 3 is 2.65 bits per heavy atom. The summed E-state index contributed by atoms with van der Waals surface area (Å²) in [6, 6.07) is 5.33. The molecule has 1 aliphatic rings. The summed E-state index contributed by atoms with van der Waals surface area (Å²) in [5.41, 5.74) is 1.00. The van der Waals surface area contributed by atoms with E-state index in [-0.39, 0.29) is 6.42 Å². The van der Waals surface area contributed by atoms with Gasteiger partial charge in [-0.2, -0.15) is 13.2 Å². The third-order valence-electron chi connectivity index (χ3n) is 2.73. The average molecular weight is 245 g/mol. The zero-order chi connectivity index (χ0) is 12.6. The minimum absolute atomic E-state index is 0.113. The van der Waals surface area contributed by atoms with Crippen molar-refractivity contribution in [2.24, 2.45) is 0 Å². The van der Waals surface area contributed by atoms with Crippen LogP contribution in [0, 0.1) is 0 Å². The fourth-order valence-corrected chi connectivity index (χ4v) is 2.06. The van der Waals surface area contributed by atoms with Crippen molar-refractivity contribution in [1.29, 1.82) is 0 Å². The standard InChI is InChI=1S/C11H10F3NO2/c12-11(13,14)6-15-8-4-2-1-3-7(8)5-9(15)10(16)17/h1-4,9H,5-6H2,(H,16,17). The highest BCUT2D eigenvalue weighted by Gasteiger charge is 2.41. The molecule has 0 saturated carbocycles. The molecule has 0 amide bonds. The maximum Gasteiger partial charge on any atom is 0.405 e. The molecule has 1 heterocycles. The van der Waals surface area contributed by atoms with Crippen LogP contribution in [0.2, 0.25) is 0 Å². The average Bonchev–Trinajstić information content (AvgIpc) is 2.55. The lowest BCUT2D eigenvalue weighted by Crippen LogP contribution is -2.43. The van der Waals surface area contributed by atoms with Crippen LogP contribution < -0.4 is 4.90 Å². The van der Waals surface area contributed by atoms with E-state index in [1.54, 1.807) is 18.2 Å². The van der Waals surface area contributed by atoms with E-state index >= 15 is 0 Å². The van der Waals surface area contributed by atoms with E-state index in [1.165, 1.54) is 6.07 Å². The Kier molecular flexibility index (Phi) is 2.73. The third kappa shape index (κ3) is 2.35. The van der Waals surface area contributed by atoms with Gasteiger partial charge in [0.15, 0.2) is 0 Å². The first-order valence-corrected chi connectivity index (χ1v) is 5.02. The van der Waals surface area contributed by atoms with Gasteiger partial charge in [0.05, 0.1) is 0 Å². The smallest absolute Gasteiger partial charge is 0.405 e. The molecular weight excluding hydrogens is 235 g/mol. The number of nitrogens with zero attached hydrogens (tertiary/aromatic N) is 1. The second-order valence-electron chi connectivity index (χ2n) is 3.93. The number of alkyl halides is 3. The minimum Gasteiger partial charge on any atom is -0.480 e. The molecule has 0 radical (unpaired) electrons. The van der Waals surface area contributed by atoms with Crippen molar-refractivity contribution in [2.75, 3.05) is 11.4 Å². The highest BCUT2D eigenvalue weighted by atomic mass is 19.4. The Hall–Kier alpha value is -1.72. The highest BCUT2D eigenvalue weighted by Crippen LogP contribution is 2.34. The van der Waals surface area contributed by atoms with Crippen LogP contribution in [0.5, 0.6) is 0 Å². The summed E-state index contributed by atoms with van der Waals surface area (Å²) in [5.74, 6) is -1.23. The first kappa shape index (κ1) is 11.8. The summed E-state index contributed by atoms with van der Waals surface area (Å²) in [4.78, 5) is 11.9. The van der Waals surface area contributed by atoms with Gasteiger partial charge in [0, 0.05) is 12.1 Å². The Labute approximate surface area is 95.5 Å². The van der Waals surface area contributed by atoms with Crippen molar-refractivity contribution in [3.05, 3.63) is 29.8 Å². The Morgan fingerprint density at radius 1 is 1.41 bits per heavy atom. The van der Waals surface area contributed by atoms with Crippen LogP contribution in [0.1, 0.15) is 5.56 Å². The van der Waals surface area contributed by atoms with Crippen LogP contribution in [0.25, 0.3) is 0 Å². The number of carbonyl (C=O) groups is 1. The van der Waals surface area contributed by atoms with E-state index in [0.717, 1.165) is 4.90 Å². The molecule has 1 aromatic carbocycles. The number of hydrogen-bond acceptors (Lipinski definition) is 2. The summed E-state index contributed by atoms with van der Waals surface area (Å²) < 4.78 is 37.2. The summed E-state index contributed by atoms with van der Waals surface area (Å²) in [6.07, 6.45) is -4.30. The van der Waals surface area contributed by atoms with Crippen LogP contribution in [0.15, 0.2) is 24.3 Å². The fourth-order valence-electron chi connectivity index (χ4n) is 2.06. The number of aliphatic carboxylic acids is 1. The monoisotopic (exact) mass is 245 g/mol. The number of carboxylic acid groups (broad SMARTS) is 1. The number of anilines is 1. The molecule has 17 heavy (non-hydrogen) atoms. The number of carboxylic acids is 1. The van der Waals surface area contributed by atoms with E-state index in [1.807, 2.05) is 0 Å². The van der Waals surface area contributed by atoms with Gasteiger partial charge in [-0.1, -0.05) is 18.2 Å². The normalized spacial score (nSPS) is 19.2. The highest BCUT2D eigenvalue weighted by molar-refractivity contribution is 5.82. The predicted octanol–water partition coefficient (Wildman–Crippen LogP) is 2.06. The van der Waals surface area contributed by atoms with Gasteiger partial charge in [-0.15, -0.1) is 0 Å². The van der Waals surface area contributed by atoms with Gasteiger partial charge >= 0.3 is 12.1 Å². The van der Waals surface area contributed by atoms with E-state index in [0.29, 0.717) is 11.3 Å². The Morgan fingerprint density at radius 2 is 2.06 bits per heavy atom. The van der Waals surface area contributed by atoms with Gasteiger partial charge in [0.2, 0.25) is 0 Å². The second-order valence-corrected chi connectivity index (χ2v) is 3.93. The van der Waals surface area contributed by atoms with Crippen molar-refractivity contribution in [1.82, 2.24) is 0 Å². The molecule has 92 valence electrons. The van der Waals surface area contributed by atoms with Crippen molar-refractivity contribution in [2.45, 2.75) is 18.6 Å². The molecule has 2 rings (SSSR count). The van der Waals surface area contributed by atoms with E-state index in [4.69, 9.17) is 5.11 Å².